The molecule has 3 fully saturated rings. The van der Waals surface area contributed by atoms with Crippen molar-refractivity contribution in [2.24, 2.45) is 17.8 Å². The smallest absolute Gasteiger partial charge is 0.271 e. The second-order valence-corrected chi connectivity index (χ2v) is 13.2. The van der Waals surface area contributed by atoms with Crippen LogP contribution in [0.4, 0.5) is 11.4 Å². The third-order valence-electron chi connectivity index (χ3n) is 9.55. The van der Waals surface area contributed by atoms with Crippen LogP contribution in [-0.2, 0) is 19.2 Å². The molecule has 1 saturated carbocycles. The van der Waals surface area contributed by atoms with Gasteiger partial charge in [-0.3, -0.25) is 34.2 Å². The van der Waals surface area contributed by atoms with E-state index in [2.05, 4.69) is 15.9 Å². The Morgan fingerprint density at radius 1 is 0.977 bits per heavy atom. The van der Waals surface area contributed by atoms with E-state index in [1.54, 1.807) is 24.3 Å². The zero-order valence-corrected chi connectivity index (χ0v) is 25.8. The van der Waals surface area contributed by atoms with E-state index >= 15 is 0 Å². The van der Waals surface area contributed by atoms with Crippen molar-refractivity contribution in [3.8, 4) is 5.75 Å². The highest BCUT2D eigenvalue weighted by Crippen LogP contribution is 2.66. The first kappa shape index (κ1) is 28.9. The first-order chi connectivity index (χ1) is 21.0. The Labute approximate surface area is 268 Å². The summed E-state index contributed by atoms with van der Waals surface area (Å²) >= 11 is 17.8. The van der Waals surface area contributed by atoms with Crippen LogP contribution in [0, 0.1) is 27.9 Å². The van der Waals surface area contributed by atoms with E-state index in [9.17, 15) is 34.4 Å². The van der Waals surface area contributed by atoms with Gasteiger partial charge in [0.25, 0.3) is 17.5 Å². The van der Waals surface area contributed by atoms with E-state index in [4.69, 9.17) is 23.2 Å². The molecule has 10 nitrogen and oxygen atoms in total. The lowest BCUT2D eigenvalue weighted by Gasteiger charge is -2.51. The Balaban J connectivity index is 1.43. The van der Waals surface area contributed by atoms with Crippen molar-refractivity contribution in [2.45, 2.75) is 28.5 Å². The van der Waals surface area contributed by atoms with Crippen molar-refractivity contribution < 1.29 is 29.2 Å². The quantitative estimate of drug-likeness (QED) is 0.0966. The Hall–Kier alpha value is -3.80. The van der Waals surface area contributed by atoms with Gasteiger partial charge in [-0.1, -0.05) is 64.0 Å². The molecule has 7 rings (SSSR count). The summed E-state index contributed by atoms with van der Waals surface area (Å²) in [5, 5.41) is 24.1. The summed E-state index contributed by atoms with van der Waals surface area (Å²) in [5.41, 5.74) is 0.438. The van der Waals surface area contributed by atoms with Gasteiger partial charge in [0.2, 0.25) is 11.8 Å². The number of benzene rings is 3. The number of aromatic hydroxyl groups is 1. The lowest BCUT2D eigenvalue weighted by atomic mass is 9.56. The predicted molar refractivity (Wildman–Crippen MR) is 165 cm³/mol. The summed E-state index contributed by atoms with van der Waals surface area (Å²) in [7, 11) is 0. The number of amides is 4. The van der Waals surface area contributed by atoms with Gasteiger partial charge in [-0.15, -0.1) is 23.2 Å². The molecule has 6 unspecified atom stereocenters. The number of phenols is 1. The Kier molecular flexibility index (Phi) is 6.48. The monoisotopic (exact) mass is 697 g/mol. The van der Waals surface area contributed by atoms with Crippen molar-refractivity contribution in [1.82, 2.24) is 4.90 Å². The van der Waals surface area contributed by atoms with E-state index in [1.165, 1.54) is 30.3 Å². The van der Waals surface area contributed by atoms with Gasteiger partial charge in [-0.25, -0.2) is 4.90 Å². The molecule has 44 heavy (non-hydrogen) atoms. The molecule has 2 aliphatic carbocycles. The SMILES string of the molecule is O=C1C2CC=C3C(CC4(Cl)C(=O)N(CBr)C(=O)C4(Cl)C3c3c(O)ccc4ccccc34)C2C(=O)N1c1cccc([N+](=O)[O-])c1. The minimum atomic E-state index is -2.07. The molecule has 0 bridgehead atoms. The Morgan fingerprint density at radius 3 is 2.45 bits per heavy atom. The lowest BCUT2D eigenvalue weighted by Crippen LogP contribution is -2.60. The number of carbonyl (C=O) groups excluding carboxylic acids is 4. The van der Waals surface area contributed by atoms with Crippen molar-refractivity contribution >= 4 is 84.9 Å². The summed E-state index contributed by atoms with van der Waals surface area (Å²) in [6.07, 6.45) is 1.67. The average Bonchev–Trinajstić information content (AvgIpc) is 3.35. The fourth-order valence-electron chi connectivity index (χ4n) is 7.66. The van der Waals surface area contributed by atoms with E-state index in [0.29, 0.717) is 16.5 Å². The molecule has 3 aromatic carbocycles. The summed E-state index contributed by atoms with van der Waals surface area (Å²) in [6.45, 7) is 0. The second-order valence-electron chi connectivity index (χ2n) is 11.5. The first-order valence-electron chi connectivity index (χ1n) is 13.8. The fourth-order valence-corrected chi connectivity index (χ4v) is 9.07. The molecule has 0 aromatic heterocycles. The van der Waals surface area contributed by atoms with E-state index in [0.717, 1.165) is 15.2 Å². The van der Waals surface area contributed by atoms with E-state index in [1.807, 2.05) is 12.1 Å². The molecule has 2 aliphatic heterocycles. The van der Waals surface area contributed by atoms with Gasteiger partial charge in [0, 0.05) is 23.6 Å². The topological polar surface area (TPSA) is 138 Å². The molecule has 3 aromatic rings. The molecule has 13 heteroatoms. The van der Waals surface area contributed by atoms with Gasteiger partial charge in [0.1, 0.15) is 5.75 Å². The number of alkyl halides is 3. The van der Waals surface area contributed by atoms with Crippen LogP contribution in [0.2, 0.25) is 0 Å². The number of phenolic OH excluding ortho intramolecular Hbond substituents is 1. The van der Waals surface area contributed by atoms with Crippen molar-refractivity contribution in [1.29, 1.82) is 0 Å². The van der Waals surface area contributed by atoms with Gasteiger partial charge in [-0.05, 0) is 41.7 Å². The zero-order chi connectivity index (χ0) is 31.3. The predicted octanol–water partition coefficient (Wildman–Crippen LogP) is 5.37. The summed E-state index contributed by atoms with van der Waals surface area (Å²) in [5.74, 6) is -6.52. The van der Waals surface area contributed by atoms with Crippen LogP contribution in [0.25, 0.3) is 10.8 Å². The maximum Gasteiger partial charge on any atom is 0.271 e. The highest BCUT2D eigenvalue weighted by Gasteiger charge is 2.76. The standard InChI is InChI=1S/C31H22BrCl2N3O7/c32-14-35-28(41)30(33)13-21-19(25(31(30,34)29(35)42)24-18-7-2-1-4-15(18)8-11-22(24)38)9-10-20-23(21)27(40)36(26(20)39)16-5-3-6-17(12-16)37(43)44/h1-9,11-12,20-21,23,25,38H,10,13-14H2. The number of hydrogen-bond acceptors (Lipinski definition) is 7. The number of allylic oxidation sites excluding steroid dienone is 2. The molecule has 2 saturated heterocycles. The Morgan fingerprint density at radius 2 is 1.73 bits per heavy atom. The summed E-state index contributed by atoms with van der Waals surface area (Å²) in [4.78, 5) is 64.5. The van der Waals surface area contributed by atoms with Crippen LogP contribution < -0.4 is 4.90 Å². The Bertz CT molecular complexity index is 1880. The first-order valence-corrected chi connectivity index (χ1v) is 15.7. The molecule has 4 aliphatic rings. The van der Waals surface area contributed by atoms with Gasteiger partial charge >= 0.3 is 0 Å². The van der Waals surface area contributed by atoms with Gasteiger partial charge in [0.05, 0.1) is 27.9 Å². The van der Waals surface area contributed by atoms with Crippen molar-refractivity contribution in [3.63, 3.8) is 0 Å². The number of hydrogen-bond donors (Lipinski definition) is 1. The van der Waals surface area contributed by atoms with Gasteiger partial charge in [-0.2, -0.15) is 0 Å². The number of likely N-dealkylation sites (tertiary alicyclic amines) is 1. The number of imide groups is 2. The normalized spacial score (nSPS) is 31.2. The number of non-ortho nitro benzene ring substituents is 1. The van der Waals surface area contributed by atoms with E-state index < -0.39 is 62.0 Å². The number of nitro groups is 1. The molecule has 2 heterocycles. The molecule has 0 radical (unpaired) electrons. The molecule has 0 spiro atoms. The largest absolute Gasteiger partial charge is 0.508 e. The van der Waals surface area contributed by atoms with Crippen LogP contribution in [-0.4, -0.2) is 53.8 Å². The molecule has 224 valence electrons. The van der Waals surface area contributed by atoms with Crippen LogP contribution in [0.1, 0.15) is 24.3 Å². The highest BCUT2D eigenvalue weighted by molar-refractivity contribution is 9.09. The fraction of sp³-hybridized carbons (Fsp3) is 0.290. The maximum atomic E-state index is 14.2. The van der Waals surface area contributed by atoms with Crippen LogP contribution in [0.5, 0.6) is 5.75 Å². The number of fused-ring (bicyclic) bond motifs is 5. The second kappa shape index (κ2) is 9.85. The van der Waals surface area contributed by atoms with Crippen molar-refractivity contribution in [2.75, 3.05) is 10.4 Å². The zero-order valence-electron chi connectivity index (χ0n) is 22.7. The molecular formula is C31H22BrCl2N3O7. The van der Waals surface area contributed by atoms with Crippen molar-refractivity contribution in [3.05, 3.63) is 88.0 Å². The number of anilines is 1. The molecule has 1 N–H and O–H groups in total. The lowest BCUT2D eigenvalue weighted by molar-refractivity contribution is -0.384. The van der Waals surface area contributed by atoms with Gasteiger partial charge < -0.3 is 5.11 Å². The maximum absolute atomic E-state index is 14.2. The summed E-state index contributed by atoms with van der Waals surface area (Å²) in [6, 6.07) is 15.7. The minimum Gasteiger partial charge on any atom is -0.508 e. The number of nitro benzene ring substituents is 1. The molecule has 4 amide bonds. The average molecular weight is 699 g/mol. The number of nitrogens with zero attached hydrogens (tertiary/aromatic N) is 3. The van der Waals surface area contributed by atoms with Gasteiger partial charge in [0.15, 0.2) is 9.75 Å². The third-order valence-corrected chi connectivity index (χ3v) is 11.5. The number of halogens is 3. The van der Waals surface area contributed by atoms with Crippen LogP contribution in [0.15, 0.2) is 72.3 Å². The van der Waals surface area contributed by atoms with Crippen LogP contribution >= 0.6 is 39.1 Å². The van der Waals surface area contributed by atoms with E-state index in [-0.39, 0.29) is 35.4 Å². The number of carbonyl (C=O) groups is 4. The summed E-state index contributed by atoms with van der Waals surface area (Å²) < 4.78 is 0. The highest BCUT2D eigenvalue weighted by atomic mass is 79.9. The van der Waals surface area contributed by atoms with Crippen LogP contribution in [0.3, 0.4) is 0 Å². The third kappa shape index (κ3) is 3.60. The molecule has 6 atom stereocenters. The number of rotatable bonds is 4. The molecular weight excluding hydrogens is 677 g/mol. The minimum absolute atomic E-state index is 0.0640.